The summed E-state index contributed by atoms with van der Waals surface area (Å²) in [5, 5.41) is 18.0. The van der Waals surface area contributed by atoms with Crippen molar-refractivity contribution in [1.82, 2.24) is 29.6 Å². The van der Waals surface area contributed by atoms with Gasteiger partial charge in [0.15, 0.2) is 0 Å². The Morgan fingerprint density at radius 1 is 1.17 bits per heavy atom. The summed E-state index contributed by atoms with van der Waals surface area (Å²) in [6.45, 7) is 4.22. The van der Waals surface area contributed by atoms with Gasteiger partial charge in [-0.15, -0.1) is 10.2 Å². The minimum Gasteiger partial charge on any atom is -0.268 e. The van der Waals surface area contributed by atoms with Gasteiger partial charge in [-0.2, -0.15) is 14.7 Å². The minimum absolute atomic E-state index is 0.804. The normalized spacial score (nSPS) is 11.4. The average molecular weight is 324 g/mol. The zero-order valence-electron chi connectivity index (χ0n) is 13.2. The molecule has 1 aromatic carbocycles. The monoisotopic (exact) mass is 324 g/mol. The molecule has 0 radical (unpaired) electrons. The van der Waals surface area contributed by atoms with Crippen LogP contribution in [0.5, 0.6) is 0 Å². The molecule has 116 valence electrons. The molecule has 23 heavy (non-hydrogen) atoms. The third kappa shape index (κ3) is 2.33. The van der Waals surface area contributed by atoms with Gasteiger partial charge in [-0.25, -0.2) is 0 Å². The number of hydrogen-bond donors (Lipinski definition) is 0. The Labute approximate surface area is 137 Å². The molecule has 6 nitrogen and oxygen atoms in total. The Hall–Kier alpha value is -2.54. The first-order valence-electron chi connectivity index (χ1n) is 7.47. The third-order valence-corrected chi connectivity index (χ3v) is 4.89. The molecule has 0 unspecified atom stereocenters. The highest BCUT2D eigenvalue weighted by Crippen LogP contribution is 2.31. The highest BCUT2D eigenvalue weighted by Gasteiger charge is 2.13. The van der Waals surface area contributed by atoms with Crippen molar-refractivity contribution >= 4 is 16.3 Å². The lowest BCUT2D eigenvalue weighted by Crippen LogP contribution is -1.95. The highest BCUT2D eigenvalue weighted by atomic mass is 32.1. The smallest absolute Gasteiger partial charge is 0.234 e. The van der Waals surface area contributed by atoms with Crippen molar-refractivity contribution in [2.45, 2.75) is 20.3 Å². The number of fused-ring (bicyclic) bond motifs is 1. The fraction of sp³-hybridized carbons (Fsp3) is 0.250. The van der Waals surface area contributed by atoms with Crippen LogP contribution in [0.25, 0.3) is 26.8 Å². The maximum atomic E-state index is 4.57. The van der Waals surface area contributed by atoms with E-state index in [1.807, 2.05) is 11.7 Å². The predicted molar refractivity (Wildman–Crippen MR) is 90.4 cm³/mol. The van der Waals surface area contributed by atoms with Crippen molar-refractivity contribution in [1.29, 1.82) is 0 Å². The van der Waals surface area contributed by atoms with Crippen LogP contribution in [0.1, 0.15) is 18.2 Å². The molecule has 0 N–H and O–H groups in total. The van der Waals surface area contributed by atoms with Gasteiger partial charge in [-0.3, -0.25) is 4.68 Å². The molecule has 0 atom stereocenters. The highest BCUT2D eigenvalue weighted by molar-refractivity contribution is 7.19. The first-order chi connectivity index (χ1) is 11.2. The molecule has 0 amide bonds. The fourth-order valence-electron chi connectivity index (χ4n) is 2.65. The van der Waals surface area contributed by atoms with Gasteiger partial charge in [-0.05, 0) is 31.0 Å². The van der Waals surface area contributed by atoms with E-state index in [0.717, 1.165) is 38.9 Å². The summed E-state index contributed by atoms with van der Waals surface area (Å²) in [5.41, 5.74) is 5.68. The molecule has 3 heterocycles. The van der Waals surface area contributed by atoms with Crippen molar-refractivity contribution < 1.29 is 0 Å². The first kappa shape index (κ1) is 14.1. The molecule has 0 bridgehead atoms. The molecule has 4 aromatic rings. The van der Waals surface area contributed by atoms with Crippen LogP contribution in [0.2, 0.25) is 0 Å². The second-order valence-corrected chi connectivity index (χ2v) is 6.45. The molecule has 0 saturated heterocycles. The number of aromatic nitrogens is 6. The molecule has 0 aliphatic heterocycles. The van der Waals surface area contributed by atoms with Gasteiger partial charge in [0, 0.05) is 18.2 Å². The van der Waals surface area contributed by atoms with Crippen LogP contribution in [-0.4, -0.2) is 29.6 Å². The van der Waals surface area contributed by atoms with Crippen LogP contribution < -0.4 is 0 Å². The molecule has 4 rings (SSSR count). The minimum atomic E-state index is 0.804. The van der Waals surface area contributed by atoms with E-state index in [1.165, 1.54) is 5.56 Å². The maximum Gasteiger partial charge on any atom is 0.234 e. The molecular formula is C16H16N6S. The van der Waals surface area contributed by atoms with Crippen LogP contribution in [0.15, 0.2) is 30.6 Å². The number of aryl methyl sites for hydroxylation is 3. The lowest BCUT2D eigenvalue weighted by atomic mass is 10.0. The van der Waals surface area contributed by atoms with Crippen LogP contribution >= 0.6 is 11.3 Å². The van der Waals surface area contributed by atoms with Gasteiger partial charge in [0.1, 0.15) is 11.3 Å². The van der Waals surface area contributed by atoms with E-state index in [4.69, 9.17) is 0 Å². The van der Waals surface area contributed by atoms with Gasteiger partial charge in [0.25, 0.3) is 0 Å². The predicted octanol–water partition coefficient (Wildman–Crippen LogP) is 3.12. The van der Waals surface area contributed by atoms with Crippen LogP contribution in [0.3, 0.4) is 0 Å². The van der Waals surface area contributed by atoms with Crippen molar-refractivity contribution in [3.8, 4) is 21.8 Å². The Morgan fingerprint density at radius 2 is 2.04 bits per heavy atom. The average Bonchev–Trinajstić information content (AvgIpc) is 3.21. The molecule has 3 aromatic heterocycles. The van der Waals surface area contributed by atoms with E-state index in [-0.39, 0.29) is 0 Å². The summed E-state index contributed by atoms with van der Waals surface area (Å²) < 4.78 is 3.65. The van der Waals surface area contributed by atoms with Crippen molar-refractivity contribution in [2.75, 3.05) is 0 Å². The molecule has 0 spiro atoms. The lowest BCUT2D eigenvalue weighted by molar-refractivity contribution is 0.753. The lowest BCUT2D eigenvalue weighted by Gasteiger charge is -2.07. The van der Waals surface area contributed by atoms with Crippen molar-refractivity contribution in [2.24, 2.45) is 7.05 Å². The van der Waals surface area contributed by atoms with E-state index < -0.39 is 0 Å². The van der Waals surface area contributed by atoms with E-state index in [0.29, 0.717) is 0 Å². The number of hydrogen-bond acceptors (Lipinski definition) is 5. The van der Waals surface area contributed by atoms with Crippen LogP contribution in [-0.2, 0) is 13.5 Å². The first-order valence-corrected chi connectivity index (χ1v) is 8.28. The number of rotatable bonds is 3. The zero-order valence-corrected chi connectivity index (χ0v) is 14.0. The summed E-state index contributed by atoms with van der Waals surface area (Å²) in [6, 6.07) is 8.59. The van der Waals surface area contributed by atoms with Gasteiger partial charge in [0.05, 0.1) is 11.4 Å². The SMILES string of the molecule is CCc1cc(-c2ccc(C)c(-c3nn4cnnc4s3)c2)n(C)n1. The fourth-order valence-corrected chi connectivity index (χ4v) is 3.55. The largest absolute Gasteiger partial charge is 0.268 e. The molecule has 0 fully saturated rings. The van der Waals surface area contributed by atoms with Crippen LogP contribution in [0.4, 0.5) is 0 Å². The molecule has 0 saturated carbocycles. The van der Waals surface area contributed by atoms with E-state index in [9.17, 15) is 0 Å². The number of nitrogens with zero attached hydrogens (tertiary/aromatic N) is 6. The van der Waals surface area contributed by atoms with Crippen LogP contribution in [0, 0.1) is 6.92 Å². The summed E-state index contributed by atoms with van der Waals surface area (Å²) in [6.07, 6.45) is 2.56. The Bertz CT molecular complexity index is 965. The third-order valence-electron chi connectivity index (χ3n) is 3.94. The van der Waals surface area contributed by atoms with Crippen molar-refractivity contribution in [3.63, 3.8) is 0 Å². The van der Waals surface area contributed by atoms with Gasteiger partial charge >= 0.3 is 0 Å². The molecule has 0 aliphatic carbocycles. The summed E-state index contributed by atoms with van der Waals surface area (Å²) in [7, 11) is 1.98. The Kier molecular flexibility index (Phi) is 3.23. The number of benzene rings is 1. The standard InChI is InChI=1S/C16H16N6S/c1-4-12-8-14(21(3)19-12)11-6-5-10(2)13(7-11)15-20-22-9-17-18-16(22)23-15/h5-9H,4H2,1-3H3. The molecule has 7 heteroatoms. The quantitative estimate of drug-likeness (QED) is 0.581. The summed E-state index contributed by atoms with van der Waals surface area (Å²) >= 11 is 1.54. The van der Waals surface area contributed by atoms with Gasteiger partial charge in [0.2, 0.25) is 4.96 Å². The molecular weight excluding hydrogens is 308 g/mol. The summed E-state index contributed by atoms with van der Waals surface area (Å²) in [4.78, 5) is 0.804. The van der Waals surface area contributed by atoms with Crippen molar-refractivity contribution in [3.05, 3.63) is 41.9 Å². The topological polar surface area (TPSA) is 60.9 Å². The van der Waals surface area contributed by atoms with E-state index in [2.05, 4.69) is 58.5 Å². The van der Waals surface area contributed by atoms with Gasteiger partial charge < -0.3 is 0 Å². The maximum absolute atomic E-state index is 4.57. The Morgan fingerprint density at radius 3 is 2.78 bits per heavy atom. The zero-order chi connectivity index (χ0) is 16.0. The van der Waals surface area contributed by atoms with E-state index >= 15 is 0 Å². The Balaban J connectivity index is 1.84. The molecule has 0 aliphatic rings. The second-order valence-electron chi connectivity index (χ2n) is 5.49. The second kappa shape index (κ2) is 5.27. The summed E-state index contributed by atoms with van der Waals surface area (Å²) in [5.74, 6) is 0. The van der Waals surface area contributed by atoms with E-state index in [1.54, 1.807) is 22.2 Å². The van der Waals surface area contributed by atoms with Gasteiger partial charge in [-0.1, -0.05) is 30.4 Å².